The van der Waals surface area contributed by atoms with Gasteiger partial charge in [0, 0.05) is 6.04 Å². The monoisotopic (exact) mass is 219 g/mol. The van der Waals surface area contributed by atoms with E-state index in [1.165, 1.54) is 44.1 Å². The molecule has 0 aromatic carbocycles. The predicted molar refractivity (Wildman–Crippen MR) is 68.3 cm³/mol. The molecule has 0 spiro atoms. The highest BCUT2D eigenvalue weighted by molar-refractivity contribution is 5.15. The van der Waals surface area contributed by atoms with Crippen molar-refractivity contribution >= 4 is 0 Å². The van der Waals surface area contributed by atoms with Crippen molar-refractivity contribution in [3.63, 3.8) is 0 Å². The lowest BCUT2D eigenvalue weighted by Gasteiger charge is -2.59. The minimum atomic E-state index is 0.570. The van der Waals surface area contributed by atoms with Crippen LogP contribution in [0.1, 0.15) is 45.4 Å². The highest BCUT2D eigenvalue weighted by atomic mass is 14.9. The lowest BCUT2D eigenvalue weighted by atomic mass is 9.47. The Bertz CT molecular complexity index is 269. The Hall–Kier alpha value is -0.300. The predicted octanol–water partition coefficient (Wildman–Crippen LogP) is 3.37. The Morgan fingerprint density at radius 2 is 1.56 bits per heavy atom. The summed E-state index contributed by atoms with van der Waals surface area (Å²) in [6, 6.07) is 0.570. The molecule has 4 aliphatic carbocycles. The summed E-state index contributed by atoms with van der Waals surface area (Å²) < 4.78 is 0. The fourth-order valence-corrected chi connectivity index (χ4v) is 5.61. The van der Waals surface area contributed by atoms with Crippen LogP contribution in [0.2, 0.25) is 0 Å². The van der Waals surface area contributed by atoms with Crippen LogP contribution in [0.3, 0.4) is 0 Å². The first-order valence-electron chi connectivity index (χ1n) is 6.95. The molecule has 1 nitrogen and oxygen atoms in total. The van der Waals surface area contributed by atoms with Crippen molar-refractivity contribution in [1.82, 2.24) is 5.32 Å². The molecule has 90 valence electrons. The first-order valence-corrected chi connectivity index (χ1v) is 6.95. The highest BCUT2D eigenvalue weighted by Crippen LogP contribution is 2.61. The second kappa shape index (κ2) is 3.60. The third kappa shape index (κ3) is 1.48. The molecule has 0 aliphatic heterocycles. The van der Waals surface area contributed by atoms with Crippen LogP contribution in [0, 0.1) is 23.2 Å². The molecule has 0 aromatic rings. The van der Waals surface area contributed by atoms with Gasteiger partial charge in [0.15, 0.2) is 0 Å². The van der Waals surface area contributed by atoms with Crippen LogP contribution in [0.25, 0.3) is 0 Å². The van der Waals surface area contributed by atoms with Gasteiger partial charge in [0.1, 0.15) is 0 Å². The van der Waals surface area contributed by atoms with Crippen molar-refractivity contribution in [1.29, 1.82) is 0 Å². The number of rotatable bonds is 3. The van der Waals surface area contributed by atoms with E-state index in [1.807, 2.05) is 0 Å². The molecule has 1 heteroatoms. The standard InChI is InChI=1S/C15H25N/c1-10(2)14(16-3)15-7-11-4-12(8-15)6-13(5-11)9-15/h11-14,16H,1,4-9H2,2-3H3. The molecular formula is C15H25N. The summed E-state index contributed by atoms with van der Waals surface area (Å²) in [6.07, 6.45) is 9.01. The number of hydrogen-bond acceptors (Lipinski definition) is 1. The number of nitrogens with one attached hydrogen (secondary N) is 1. The smallest absolute Gasteiger partial charge is 0.0328 e. The molecule has 0 aromatic heterocycles. The molecule has 0 saturated heterocycles. The Balaban J connectivity index is 1.90. The maximum atomic E-state index is 4.22. The summed E-state index contributed by atoms with van der Waals surface area (Å²) >= 11 is 0. The van der Waals surface area contributed by atoms with Crippen LogP contribution >= 0.6 is 0 Å². The summed E-state index contributed by atoms with van der Waals surface area (Å²) in [6.45, 7) is 6.43. The quantitative estimate of drug-likeness (QED) is 0.718. The van der Waals surface area contributed by atoms with Crippen LogP contribution in [-0.4, -0.2) is 13.1 Å². The Morgan fingerprint density at radius 1 is 1.12 bits per heavy atom. The van der Waals surface area contributed by atoms with E-state index >= 15 is 0 Å². The van der Waals surface area contributed by atoms with E-state index in [-0.39, 0.29) is 0 Å². The van der Waals surface area contributed by atoms with E-state index in [4.69, 9.17) is 0 Å². The average molecular weight is 219 g/mol. The van der Waals surface area contributed by atoms with Gasteiger partial charge in [-0.3, -0.25) is 0 Å². The zero-order valence-corrected chi connectivity index (χ0v) is 10.8. The average Bonchev–Trinajstić information content (AvgIpc) is 2.14. The van der Waals surface area contributed by atoms with Gasteiger partial charge in [0.05, 0.1) is 0 Å². The fourth-order valence-electron chi connectivity index (χ4n) is 5.61. The molecular weight excluding hydrogens is 194 g/mol. The van der Waals surface area contributed by atoms with Gasteiger partial charge in [-0.05, 0) is 75.7 Å². The van der Waals surface area contributed by atoms with E-state index in [2.05, 4.69) is 25.9 Å². The van der Waals surface area contributed by atoms with E-state index in [9.17, 15) is 0 Å². The Labute approximate surface area is 99.7 Å². The van der Waals surface area contributed by atoms with Gasteiger partial charge in [-0.2, -0.15) is 0 Å². The molecule has 1 unspecified atom stereocenters. The summed E-state index contributed by atoms with van der Waals surface area (Å²) in [7, 11) is 2.12. The summed E-state index contributed by atoms with van der Waals surface area (Å²) in [5.41, 5.74) is 1.93. The van der Waals surface area contributed by atoms with E-state index in [0.29, 0.717) is 11.5 Å². The number of hydrogen-bond donors (Lipinski definition) is 1. The fraction of sp³-hybridized carbons (Fsp3) is 0.867. The third-order valence-corrected chi connectivity index (χ3v) is 5.48. The maximum absolute atomic E-state index is 4.22. The van der Waals surface area contributed by atoms with Gasteiger partial charge in [-0.15, -0.1) is 0 Å². The lowest BCUT2D eigenvalue weighted by Crippen LogP contribution is -2.55. The van der Waals surface area contributed by atoms with Crippen LogP contribution in [-0.2, 0) is 0 Å². The van der Waals surface area contributed by atoms with Crippen LogP contribution < -0.4 is 5.32 Å². The van der Waals surface area contributed by atoms with Crippen molar-refractivity contribution < 1.29 is 0 Å². The molecule has 4 bridgehead atoms. The van der Waals surface area contributed by atoms with E-state index in [0.717, 1.165) is 17.8 Å². The van der Waals surface area contributed by atoms with Crippen molar-refractivity contribution in [3.8, 4) is 0 Å². The van der Waals surface area contributed by atoms with Gasteiger partial charge < -0.3 is 5.32 Å². The lowest BCUT2D eigenvalue weighted by molar-refractivity contribution is -0.0657. The summed E-state index contributed by atoms with van der Waals surface area (Å²) in [5.74, 6) is 3.13. The minimum Gasteiger partial charge on any atom is -0.313 e. The van der Waals surface area contributed by atoms with Crippen molar-refractivity contribution in [2.24, 2.45) is 23.2 Å². The topological polar surface area (TPSA) is 12.0 Å². The summed E-state index contributed by atoms with van der Waals surface area (Å²) in [5, 5.41) is 3.56. The van der Waals surface area contributed by atoms with Crippen LogP contribution in [0.15, 0.2) is 12.2 Å². The number of likely N-dealkylation sites (N-methyl/N-ethyl adjacent to an activating group) is 1. The molecule has 0 radical (unpaired) electrons. The zero-order valence-electron chi connectivity index (χ0n) is 10.8. The van der Waals surface area contributed by atoms with Crippen LogP contribution in [0.5, 0.6) is 0 Å². The molecule has 4 fully saturated rings. The normalized spacial score (nSPS) is 47.0. The largest absolute Gasteiger partial charge is 0.313 e. The first-order chi connectivity index (χ1) is 7.63. The van der Waals surface area contributed by atoms with E-state index in [1.54, 1.807) is 0 Å². The zero-order chi connectivity index (χ0) is 11.3. The van der Waals surface area contributed by atoms with Crippen molar-refractivity contribution in [2.75, 3.05) is 7.05 Å². The Kier molecular flexibility index (Phi) is 2.43. The van der Waals surface area contributed by atoms with E-state index < -0.39 is 0 Å². The molecule has 1 N–H and O–H groups in total. The Morgan fingerprint density at radius 3 is 1.88 bits per heavy atom. The second-order valence-corrected chi connectivity index (χ2v) is 6.85. The summed E-state index contributed by atoms with van der Waals surface area (Å²) in [4.78, 5) is 0. The molecule has 0 amide bonds. The van der Waals surface area contributed by atoms with Gasteiger partial charge in [-0.1, -0.05) is 12.2 Å². The second-order valence-electron chi connectivity index (χ2n) is 6.85. The molecule has 16 heavy (non-hydrogen) atoms. The first kappa shape index (κ1) is 10.8. The van der Waals surface area contributed by atoms with Gasteiger partial charge in [0.25, 0.3) is 0 Å². The highest BCUT2D eigenvalue weighted by Gasteiger charge is 2.53. The minimum absolute atomic E-state index is 0.570. The SMILES string of the molecule is C=C(C)C(NC)C12CC3CC(CC(C3)C1)C2. The van der Waals surface area contributed by atoms with Crippen molar-refractivity contribution in [2.45, 2.75) is 51.5 Å². The maximum Gasteiger partial charge on any atom is 0.0328 e. The molecule has 4 rings (SSSR count). The molecule has 4 saturated carbocycles. The van der Waals surface area contributed by atoms with Gasteiger partial charge in [0.2, 0.25) is 0 Å². The van der Waals surface area contributed by atoms with Crippen LogP contribution in [0.4, 0.5) is 0 Å². The van der Waals surface area contributed by atoms with Gasteiger partial charge in [-0.25, -0.2) is 0 Å². The molecule has 0 heterocycles. The van der Waals surface area contributed by atoms with Crippen molar-refractivity contribution in [3.05, 3.63) is 12.2 Å². The van der Waals surface area contributed by atoms with Gasteiger partial charge >= 0.3 is 0 Å². The molecule has 1 atom stereocenters. The third-order valence-electron chi connectivity index (χ3n) is 5.48. The molecule has 4 aliphatic rings.